The van der Waals surface area contributed by atoms with Crippen molar-refractivity contribution in [3.8, 4) is 11.1 Å². The number of pyridine rings is 2. The predicted octanol–water partition coefficient (Wildman–Crippen LogP) is 3.91. The SMILES string of the molecule is CC(C)(C)N(C(=O)O)c1ccc(-c2cnc3[nH]ccc3c2)cn1. The van der Waals surface area contributed by atoms with Gasteiger partial charge in [0.15, 0.2) is 0 Å². The molecular weight excluding hydrogens is 292 g/mol. The first-order chi connectivity index (χ1) is 10.9. The van der Waals surface area contributed by atoms with E-state index in [1.807, 2.05) is 45.2 Å². The van der Waals surface area contributed by atoms with Crippen molar-refractivity contribution in [2.45, 2.75) is 26.3 Å². The normalized spacial score (nSPS) is 11.6. The van der Waals surface area contributed by atoms with Gasteiger partial charge in [0, 0.05) is 40.6 Å². The number of aromatic nitrogens is 3. The number of hydrogen-bond donors (Lipinski definition) is 2. The average Bonchev–Trinajstić information content (AvgIpc) is 2.93. The maximum atomic E-state index is 11.5. The minimum Gasteiger partial charge on any atom is -0.465 e. The molecule has 2 N–H and O–H groups in total. The molecule has 23 heavy (non-hydrogen) atoms. The Balaban J connectivity index is 1.96. The van der Waals surface area contributed by atoms with Gasteiger partial charge >= 0.3 is 6.09 Å². The summed E-state index contributed by atoms with van der Waals surface area (Å²) in [5.74, 6) is 0.407. The van der Waals surface area contributed by atoms with Crippen molar-refractivity contribution in [1.29, 1.82) is 0 Å². The van der Waals surface area contributed by atoms with Gasteiger partial charge in [-0.3, -0.25) is 4.90 Å². The van der Waals surface area contributed by atoms with Crippen molar-refractivity contribution in [3.05, 3.63) is 42.9 Å². The van der Waals surface area contributed by atoms with Gasteiger partial charge < -0.3 is 10.1 Å². The number of carbonyl (C=O) groups is 1. The Hall–Kier alpha value is -2.89. The number of nitrogens with one attached hydrogen (secondary N) is 1. The number of nitrogens with zero attached hydrogens (tertiary/aromatic N) is 3. The Bertz CT molecular complexity index is 847. The van der Waals surface area contributed by atoms with E-state index in [1.54, 1.807) is 18.5 Å². The maximum absolute atomic E-state index is 11.5. The summed E-state index contributed by atoms with van der Waals surface area (Å²) in [7, 11) is 0. The third kappa shape index (κ3) is 2.88. The first-order valence-corrected chi connectivity index (χ1v) is 7.29. The highest BCUT2D eigenvalue weighted by Crippen LogP contribution is 2.26. The second-order valence-electron chi connectivity index (χ2n) is 6.33. The Kier molecular flexibility index (Phi) is 3.52. The summed E-state index contributed by atoms with van der Waals surface area (Å²) < 4.78 is 0. The second-order valence-corrected chi connectivity index (χ2v) is 6.33. The van der Waals surface area contributed by atoms with Crippen LogP contribution < -0.4 is 4.90 Å². The van der Waals surface area contributed by atoms with Crippen LogP contribution in [0.4, 0.5) is 10.6 Å². The molecule has 0 aliphatic carbocycles. The van der Waals surface area contributed by atoms with Crippen LogP contribution in [-0.2, 0) is 0 Å². The molecule has 0 unspecified atom stereocenters. The molecule has 0 saturated heterocycles. The average molecular weight is 310 g/mol. The summed E-state index contributed by atoms with van der Waals surface area (Å²) in [6.45, 7) is 5.50. The van der Waals surface area contributed by atoms with Crippen molar-refractivity contribution in [1.82, 2.24) is 15.0 Å². The molecule has 3 rings (SSSR count). The fraction of sp³-hybridized carbons (Fsp3) is 0.235. The molecule has 6 nitrogen and oxygen atoms in total. The number of H-pyrrole nitrogens is 1. The van der Waals surface area contributed by atoms with Crippen molar-refractivity contribution >= 4 is 22.9 Å². The Morgan fingerprint density at radius 3 is 2.48 bits per heavy atom. The van der Waals surface area contributed by atoms with Gasteiger partial charge in [0.25, 0.3) is 0 Å². The number of rotatable bonds is 2. The lowest BCUT2D eigenvalue weighted by molar-refractivity contribution is 0.195. The molecule has 0 aliphatic rings. The molecule has 1 amide bonds. The smallest absolute Gasteiger partial charge is 0.413 e. The number of carboxylic acid groups (broad SMARTS) is 1. The van der Waals surface area contributed by atoms with E-state index in [2.05, 4.69) is 15.0 Å². The van der Waals surface area contributed by atoms with Crippen LogP contribution in [0.2, 0.25) is 0 Å². The molecule has 0 aliphatic heterocycles. The van der Waals surface area contributed by atoms with Gasteiger partial charge in [-0.25, -0.2) is 14.8 Å². The van der Waals surface area contributed by atoms with Crippen LogP contribution in [0.1, 0.15) is 20.8 Å². The van der Waals surface area contributed by atoms with Gasteiger partial charge in [0.05, 0.1) is 0 Å². The zero-order valence-corrected chi connectivity index (χ0v) is 13.2. The molecule has 0 atom stereocenters. The van der Waals surface area contributed by atoms with E-state index in [-0.39, 0.29) is 0 Å². The molecule has 0 saturated carbocycles. The molecule has 0 aromatic carbocycles. The molecule has 0 fully saturated rings. The van der Waals surface area contributed by atoms with E-state index in [1.165, 1.54) is 4.90 Å². The van der Waals surface area contributed by atoms with E-state index in [4.69, 9.17) is 0 Å². The van der Waals surface area contributed by atoms with Crippen LogP contribution in [0, 0.1) is 0 Å². The fourth-order valence-electron chi connectivity index (χ4n) is 2.52. The minimum absolute atomic E-state index is 0.407. The van der Waals surface area contributed by atoms with Crippen LogP contribution in [-0.4, -0.2) is 31.7 Å². The van der Waals surface area contributed by atoms with Crippen LogP contribution >= 0.6 is 0 Å². The van der Waals surface area contributed by atoms with Crippen molar-refractivity contribution < 1.29 is 9.90 Å². The zero-order valence-electron chi connectivity index (χ0n) is 13.2. The summed E-state index contributed by atoms with van der Waals surface area (Å²) in [5, 5.41) is 10.4. The molecule has 118 valence electrons. The quantitative estimate of drug-likeness (QED) is 0.752. The van der Waals surface area contributed by atoms with Crippen molar-refractivity contribution in [2.24, 2.45) is 0 Å². The highest BCUT2D eigenvalue weighted by atomic mass is 16.4. The number of anilines is 1. The van der Waals surface area contributed by atoms with Gasteiger partial charge in [-0.05, 0) is 45.0 Å². The molecule has 0 spiro atoms. The van der Waals surface area contributed by atoms with E-state index >= 15 is 0 Å². The molecule has 3 aromatic rings. The van der Waals surface area contributed by atoms with E-state index in [9.17, 15) is 9.90 Å². The topological polar surface area (TPSA) is 82.1 Å². The molecule has 3 heterocycles. The van der Waals surface area contributed by atoms with Gasteiger partial charge in [-0.2, -0.15) is 0 Å². The van der Waals surface area contributed by atoms with Gasteiger partial charge in [0.2, 0.25) is 0 Å². The van der Waals surface area contributed by atoms with Crippen LogP contribution in [0.25, 0.3) is 22.2 Å². The number of fused-ring (bicyclic) bond motifs is 1. The lowest BCUT2D eigenvalue weighted by atomic mass is 10.1. The Morgan fingerprint density at radius 2 is 1.87 bits per heavy atom. The Labute approximate surface area is 133 Å². The van der Waals surface area contributed by atoms with Gasteiger partial charge in [0.1, 0.15) is 11.5 Å². The third-order valence-corrected chi connectivity index (χ3v) is 3.57. The van der Waals surface area contributed by atoms with Crippen molar-refractivity contribution in [2.75, 3.05) is 4.90 Å². The van der Waals surface area contributed by atoms with E-state index in [0.717, 1.165) is 22.2 Å². The summed E-state index contributed by atoms with van der Waals surface area (Å²) in [6, 6.07) is 7.56. The second kappa shape index (κ2) is 5.39. The van der Waals surface area contributed by atoms with Gasteiger partial charge in [-0.1, -0.05) is 0 Å². The molecule has 3 aromatic heterocycles. The molecular formula is C17H18N4O2. The van der Waals surface area contributed by atoms with Crippen LogP contribution in [0.15, 0.2) is 42.9 Å². The largest absolute Gasteiger partial charge is 0.465 e. The van der Waals surface area contributed by atoms with Gasteiger partial charge in [-0.15, -0.1) is 0 Å². The molecule has 6 heteroatoms. The third-order valence-electron chi connectivity index (χ3n) is 3.57. The predicted molar refractivity (Wildman–Crippen MR) is 89.6 cm³/mol. The highest BCUT2D eigenvalue weighted by molar-refractivity contribution is 5.87. The summed E-state index contributed by atoms with van der Waals surface area (Å²) in [4.78, 5) is 24.5. The fourth-order valence-corrected chi connectivity index (χ4v) is 2.52. The zero-order chi connectivity index (χ0) is 16.6. The monoisotopic (exact) mass is 310 g/mol. The standard InChI is InChI=1S/C17H18N4O2/c1-17(2,3)21(16(22)23)14-5-4-12(9-19-14)13-8-11-6-7-18-15(11)20-10-13/h4-10H,1-3H3,(H,18,20)(H,22,23). The number of amides is 1. The lowest BCUT2D eigenvalue weighted by Gasteiger charge is -2.32. The van der Waals surface area contributed by atoms with Crippen LogP contribution in [0.5, 0.6) is 0 Å². The molecule has 0 bridgehead atoms. The lowest BCUT2D eigenvalue weighted by Crippen LogP contribution is -2.45. The summed E-state index contributed by atoms with van der Waals surface area (Å²) in [6.07, 6.45) is 4.27. The highest BCUT2D eigenvalue weighted by Gasteiger charge is 2.28. The minimum atomic E-state index is -1.02. The maximum Gasteiger partial charge on any atom is 0.413 e. The number of aromatic amines is 1. The molecule has 0 radical (unpaired) electrons. The summed E-state index contributed by atoms with van der Waals surface area (Å²) >= 11 is 0. The number of hydrogen-bond acceptors (Lipinski definition) is 3. The van der Waals surface area contributed by atoms with E-state index in [0.29, 0.717) is 5.82 Å². The first kappa shape index (κ1) is 15.0. The van der Waals surface area contributed by atoms with Crippen LogP contribution in [0.3, 0.4) is 0 Å². The van der Waals surface area contributed by atoms with Crippen molar-refractivity contribution in [3.63, 3.8) is 0 Å². The first-order valence-electron chi connectivity index (χ1n) is 7.29. The van der Waals surface area contributed by atoms with E-state index < -0.39 is 11.6 Å². The Morgan fingerprint density at radius 1 is 1.13 bits per heavy atom. The summed E-state index contributed by atoms with van der Waals surface area (Å²) in [5.41, 5.74) is 2.10.